The molecule has 0 aliphatic heterocycles. The molecule has 1 aromatic rings. The van der Waals surface area contributed by atoms with E-state index in [1.54, 1.807) is 0 Å². The lowest BCUT2D eigenvalue weighted by molar-refractivity contribution is 0.506. The van der Waals surface area contributed by atoms with Crippen LogP contribution in [0.3, 0.4) is 0 Å². The lowest BCUT2D eigenvalue weighted by Gasteiger charge is -2.20. The summed E-state index contributed by atoms with van der Waals surface area (Å²) in [4.78, 5) is 0. The van der Waals surface area contributed by atoms with Gasteiger partial charge in [-0.3, -0.25) is 0 Å². The molecule has 0 fully saturated rings. The predicted molar refractivity (Wildman–Crippen MR) is 89.3 cm³/mol. The molecule has 1 unspecified atom stereocenters. The van der Waals surface area contributed by atoms with E-state index in [1.807, 2.05) is 0 Å². The summed E-state index contributed by atoms with van der Waals surface area (Å²) < 4.78 is 0. The molecule has 0 aliphatic carbocycles. The molecule has 0 amide bonds. The monoisotopic (exact) mass is 279 g/mol. The number of hydrogen-bond donors (Lipinski definition) is 1. The maximum absolute atomic E-state index is 3.59. The van der Waals surface area contributed by atoms with Gasteiger partial charge in [0, 0.05) is 12.6 Å². The van der Waals surface area contributed by atoms with Crippen LogP contribution in [0.5, 0.6) is 0 Å². The van der Waals surface area contributed by atoms with Crippen LogP contribution in [-0.2, 0) is 0 Å². The highest BCUT2D eigenvalue weighted by Gasteiger charge is 2.11. The third-order valence-electron chi connectivity index (χ3n) is 3.37. The van der Waals surface area contributed by atoms with Crippen molar-refractivity contribution in [3.8, 4) is 0 Å². The van der Waals surface area contributed by atoms with Crippen LogP contribution in [0, 0.1) is 6.92 Å². The maximum atomic E-state index is 3.59. The van der Waals surface area contributed by atoms with Crippen molar-refractivity contribution in [1.29, 1.82) is 0 Å². The van der Waals surface area contributed by atoms with E-state index in [2.05, 4.69) is 69.0 Å². The van der Waals surface area contributed by atoms with Crippen LogP contribution in [0.15, 0.2) is 24.3 Å². The van der Waals surface area contributed by atoms with Crippen molar-refractivity contribution in [1.82, 2.24) is 5.32 Å². The van der Waals surface area contributed by atoms with Gasteiger partial charge in [0.1, 0.15) is 0 Å². The summed E-state index contributed by atoms with van der Waals surface area (Å²) >= 11 is 2.05. The number of rotatable bonds is 9. The number of hydrogen-bond acceptors (Lipinski definition) is 2. The summed E-state index contributed by atoms with van der Waals surface area (Å²) in [6.45, 7) is 9.93. The second-order valence-electron chi connectivity index (χ2n) is 5.51. The smallest absolute Gasteiger partial charge is 0.00225 e. The minimum absolute atomic E-state index is 0.568. The Bertz CT molecular complexity index is 332. The first kappa shape index (κ1) is 16.6. The third-order valence-corrected chi connectivity index (χ3v) is 4.35. The lowest BCUT2D eigenvalue weighted by Crippen LogP contribution is -2.28. The van der Waals surface area contributed by atoms with Crippen molar-refractivity contribution >= 4 is 11.8 Å². The van der Waals surface area contributed by atoms with E-state index in [-0.39, 0.29) is 0 Å². The molecule has 0 radical (unpaired) electrons. The first-order valence-corrected chi connectivity index (χ1v) is 8.66. The van der Waals surface area contributed by atoms with Gasteiger partial charge in [0.05, 0.1) is 0 Å². The SMILES string of the molecule is CCSCCCC(CNC(C)C)c1ccc(C)cc1. The van der Waals surface area contributed by atoms with Gasteiger partial charge in [-0.05, 0) is 42.8 Å². The molecule has 0 bridgehead atoms. The Balaban J connectivity index is 2.54. The van der Waals surface area contributed by atoms with Crippen LogP contribution < -0.4 is 5.32 Å². The van der Waals surface area contributed by atoms with E-state index in [1.165, 1.54) is 35.5 Å². The minimum Gasteiger partial charge on any atom is -0.314 e. The van der Waals surface area contributed by atoms with Crippen LogP contribution in [0.2, 0.25) is 0 Å². The fourth-order valence-corrected chi connectivity index (χ4v) is 2.84. The van der Waals surface area contributed by atoms with Gasteiger partial charge < -0.3 is 5.32 Å². The van der Waals surface area contributed by atoms with Crippen molar-refractivity contribution < 1.29 is 0 Å². The van der Waals surface area contributed by atoms with Crippen LogP contribution in [0.1, 0.15) is 50.7 Å². The van der Waals surface area contributed by atoms with Gasteiger partial charge in [0.15, 0.2) is 0 Å². The highest BCUT2D eigenvalue weighted by atomic mass is 32.2. The van der Waals surface area contributed by atoms with Crippen molar-refractivity contribution in [3.05, 3.63) is 35.4 Å². The molecule has 0 spiro atoms. The number of aryl methyl sites for hydroxylation is 1. The van der Waals surface area contributed by atoms with Gasteiger partial charge in [-0.15, -0.1) is 0 Å². The summed E-state index contributed by atoms with van der Waals surface area (Å²) in [5.41, 5.74) is 2.83. The molecular weight excluding hydrogens is 250 g/mol. The Hall–Kier alpha value is -0.470. The second kappa shape index (κ2) is 9.44. The highest BCUT2D eigenvalue weighted by molar-refractivity contribution is 7.99. The van der Waals surface area contributed by atoms with E-state index in [4.69, 9.17) is 0 Å². The Labute approximate surface area is 123 Å². The minimum atomic E-state index is 0.568. The standard InChI is InChI=1S/C17H29NS/c1-5-19-12-6-7-17(13-18-14(2)3)16-10-8-15(4)9-11-16/h8-11,14,17-18H,5-7,12-13H2,1-4H3. The van der Waals surface area contributed by atoms with Gasteiger partial charge in [0.2, 0.25) is 0 Å². The van der Waals surface area contributed by atoms with E-state index < -0.39 is 0 Å². The third kappa shape index (κ3) is 7.03. The van der Waals surface area contributed by atoms with Crippen molar-refractivity contribution in [3.63, 3.8) is 0 Å². The van der Waals surface area contributed by atoms with E-state index in [0.29, 0.717) is 12.0 Å². The second-order valence-corrected chi connectivity index (χ2v) is 6.90. The lowest BCUT2D eigenvalue weighted by atomic mass is 9.93. The fraction of sp³-hybridized carbons (Fsp3) is 0.647. The Morgan fingerprint density at radius 1 is 1.16 bits per heavy atom. The first-order chi connectivity index (χ1) is 9.13. The topological polar surface area (TPSA) is 12.0 Å². The molecule has 1 atom stereocenters. The number of thioether (sulfide) groups is 1. The van der Waals surface area contributed by atoms with Gasteiger partial charge in [0.25, 0.3) is 0 Å². The molecule has 1 rings (SSSR count). The molecule has 1 N–H and O–H groups in total. The van der Waals surface area contributed by atoms with Gasteiger partial charge in [-0.1, -0.05) is 50.6 Å². The largest absolute Gasteiger partial charge is 0.314 e. The molecular formula is C17H29NS. The molecule has 0 heterocycles. The van der Waals surface area contributed by atoms with Gasteiger partial charge in [-0.25, -0.2) is 0 Å². The van der Waals surface area contributed by atoms with Gasteiger partial charge >= 0.3 is 0 Å². The van der Waals surface area contributed by atoms with Crippen molar-refractivity contribution in [2.24, 2.45) is 0 Å². The fourth-order valence-electron chi connectivity index (χ4n) is 2.18. The molecule has 1 aromatic carbocycles. The Morgan fingerprint density at radius 3 is 2.42 bits per heavy atom. The van der Waals surface area contributed by atoms with Crippen LogP contribution in [0.4, 0.5) is 0 Å². The average Bonchev–Trinajstić information content (AvgIpc) is 2.39. The zero-order valence-electron chi connectivity index (χ0n) is 12.9. The Morgan fingerprint density at radius 2 is 1.84 bits per heavy atom. The molecule has 0 saturated carbocycles. The summed E-state index contributed by atoms with van der Waals surface area (Å²) in [7, 11) is 0. The summed E-state index contributed by atoms with van der Waals surface area (Å²) in [5.74, 6) is 3.18. The van der Waals surface area contributed by atoms with Crippen molar-refractivity contribution in [2.45, 2.75) is 52.5 Å². The van der Waals surface area contributed by atoms with Crippen LogP contribution in [0.25, 0.3) is 0 Å². The Kier molecular flexibility index (Phi) is 8.24. The quantitative estimate of drug-likeness (QED) is 0.662. The molecule has 1 nitrogen and oxygen atoms in total. The van der Waals surface area contributed by atoms with E-state index >= 15 is 0 Å². The first-order valence-electron chi connectivity index (χ1n) is 7.51. The molecule has 19 heavy (non-hydrogen) atoms. The van der Waals surface area contributed by atoms with Crippen molar-refractivity contribution in [2.75, 3.05) is 18.1 Å². The van der Waals surface area contributed by atoms with E-state index in [9.17, 15) is 0 Å². The summed E-state index contributed by atoms with van der Waals surface area (Å²) in [5, 5.41) is 3.59. The van der Waals surface area contributed by atoms with Crippen LogP contribution in [-0.4, -0.2) is 24.1 Å². The zero-order chi connectivity index (χ0) is 14.1. The summed E-state index contributed by atoms with van der Waals surface area (Å²) in [6, 6.07) is 9.64. The number of benzene rings is 1. The van der Waals surface area contributed by atoms with Gasteiger partial charge in [-0.2, -0.15) is 11.8 Å². The molecule has 0 aromatic heterocycles. The summed E-state index contributed by atoms with van der Waals surface area (Å²) in [6.07, 6.45) is 2.60. The number of nitrogens with one attached hydrogen (secondary N) is 1. The normalized spacial score (nSPS) is 12.9. The maximum Gasteiger partial charge on any atom is 0.00225 e. The molecule has 0 saturated heterocycles. The molecule has 0 aliphatic rings. The molecule has 2 heteroatoms. The zero-order valence-corrected chi connectivity index (χ0v) is 13.7. The predicted octanol–water partition coefficient (Wildman–Crippen LogP) is 4.61. The average molecular weight is 279 g/mol. The molecule has 108 valence electrons. The van der Waals surface area contributed by atoms with Crippen LogP contribution >= 0.6 is 11.8 Å². The van der Waals surface area contributed by atoms with E-state index in [0.717, 1.165) is 6.54 Å². The highest BCUT2D eigenvalue weighted by Crippen LogP contribution is 2.22.